The van der Waals surface area contributed by atoms with Gasteiger partial charge in [0.25, 0.3) is 0 Å². The number of nitrogens with zero attached hydrogens (tertiary/aromatic N) is 1. The minimum atomic E-state index is -0.609. The van der Waals surface area contributed by atoms with Gasteiger partial charge in [0.1, 0.15) is 6.04 Å². The summed E-state index contributed by atoms with van der Waals surface area (Å²) in [4.78, 5) is 0. The van der Waals surface area contributed by atoms with Crippen molar-refractivity contribution >= 4 is 5.69 Å². The van der Waals surface area contributed by atoms with Crippen molar-refractivity contribution in [2.75, 3.05) is 12.4 Å². The van der Waals surface area contributed by atoms with Crippen molar-refractivity contribution in [3.8, 4) is 11.8 Å². The number of halogens is 1. The molecule has 0 spiro atoms. The monoisotopic (exact) mass is 256 g/mol. The number of nitrogens with one attached hydrogen (secondary N) is 1. The highest BCUT2D eigenvalue weighted by Crippen LogP contribution is 2.24. The quantitative estimate of drug-likeness (QED) is 0.910. The van der Waals surface area contributed by atoms with Crippen LogP contribution in [-0.4, -0.2) is 7.11 Å². The highest BCUT2D eigenvalue weighted by Gasteiger charge is 2.13. The first-order valence-corrected chi connectivity index (χ1v) is 5.79. The number of anilines is 1. The van der Waals surface area contributed by atoms with Crippen LogP contribution < -0.4 is 10.1 Å². The van der Waals surface area contributed by atoms with Crippen molar-refractivity contribution in [2.45, 2.75) is 6.04 Å². The molecular formula is C15H13FN2O. The van der Waals surface area contributed by atoms with Crippen LogP contribution in [-0.2, 0) is 0 Å². The third-order valence-electron chi connectivity index (χ3n) is 2.72. The largest absolute Gasteiger partial charge is 0.494 e. The lowest BCUT2D eigenvalue weighted by Gasteiger charge is -2.14. The van der Waals surface area contributed by atoms with Gasteiger partial charge in [-0.05, 0) is 29.8 Å². The average Bonchev–Trinajstić information content (AvgIpc) is 2.46. The van der Waals surface area contributed by atoms with Gasteiger partial charge in [-0.1, -0.05) is 24.3 Å². The highest BCUT2D eigenvalue weighted by molar-refractivity contribution is 5.47. The second kappa shape index (κ2) is 5.87. The molecular weight excluding hydrogens is 243 g/mol. The number of ether oxygens (including phenoxy) is 1. The number of methoxy groups -OCH3 is 1. The third kappa shape index (κ3) is 3.02. The third-order valence-corrected chi connectivity index (χ3v) is 2.72. The minimum Gasteiger partial charge on any atom is -0.494 e. The van der Waals surface area contributed by atoms with E-state index in [0.29, 0.717) is 5.56 Å². The molecule has 0 saturated carbocycles. The molecule has 0 radical (unpaired) electrons. The van der Waals surface area contributed by atoms with Crippen LogP contribution in [0, 0.1) is 17.1 Å². The van der Waals surface area contributed by atoms with Crippen LogP contribution in [0.3, 0.4) is 0 Å². The molecule has 2 aromatic rings. The average molecular weight is 256 g/mol. The molecule has 19 heavy (non-hydrogen) atoms. The number of nitriles is 1. The van der Waals surface area contributed by atoms with Crippen LogP contribution in [0.5, 0.6) is 5.75 Å². The Kier molecular flexibility index (Phi) is 3.99. The maximum atomic E-state index is 13.6. The van der Waals surface area contributed by atoms with E-state index in [9.17, 15) is 9.65 Å². The zero-order valence-electron chi connectivity index (χ0n) is 10.4. The Labute approximate surface area is 111 Å². The molecule has 4 heteroatoms. The van der Waals surface area contributed by atoms with Gasteiger partial charge in [0.05, 0.1) is 13.2 Å². The highest BCUT2D eigenvalue weighted by atomic mass is 19.1. The van der Waals surface area contributed by atoms with E-state index in [1.807, 2.05) is 30.3 Å². The molecule has 2 rings (SSSR count). The van der Waals surface area contributed by atoms with Crippen molar-refractivity contribution < 1.29 is 9.13 Å². The first-order valence-electron chi connectivity index (χ1n) is 5.79. The van der Waals surface area contributed by atoms with E-state index >= 15 is 0 Å². The van der Waals surface area contributed by atoms with E-state index in [4.69, 9.17) is 4.74 Å². The van der Waals surface area contributed by atoms with Gasteiger partial charge in [0.2, 0.25) is 0 Å². The minimum absolute atomic E-state index is 0.167. The first-order chi connectivity index (χ1) is 9.24. The smallest absolute Gasteiger partial charge is 0.165 e. The Balaban J connectivity index is 2.23. The predicted octanol–water partition coefficient (Wildman–Crippen LogP) is 3.51. The number of hydrogen-bond acceptors (Lipinski definition) is 3. The summed E-state index contributed by atoms with van der Waals surface area (Å²) in [5.74, 6) is -0.310. The molecule has 0 saturated heterocycles. The van der Waals surface area contributed by atoms with E-state index in [0.717, 1.165) is 5.69 Å². The number of hydrogen-bond donors (Lipinski definition) is 1. The Morgan fingerprint density at radius 2 is 1.95 bits per heavy atom. The van der Waals surface area contributed by atoms with Crippen LogP contribution in [0.25, 0.3) is 0 Å². The molecule has 2 aromatic carbocycles. The maximum Gasteiger partial charge on any atom is 0.165 e. The second-order valence-corrected chi connectivity index (χ2v) is 3.97. The molecule has 1 N–H and O–H groups in total. The maximum absolute atomic E-state index is 13.6. The molecule has 1 atom stereocenters. The van der Waals surface area contributed by atoms with Gasteiger partial charge >= 0.3 is 0 Å². The van der Waals surface area contributed by atoms with Crippen molar-refractivity contribution in [1.82, 2.24) is 0 Å². The predicted molar refractivity (Wildman–Crippen MR) is 71.4 cm³/mol. The van der Waals surface area contributed by atoms with Crippen LogP contribution in [0.15, 0.2) is 48.5 Å². The Hall–Kier alpha value is -2.54. The first kappa shape index (κ1) is 12.9. The van der Waals surface area contributed by atoms with Crippen LogP contribution in [0.1, 0.15) is 11.6 Å². The lowest BCUT2D eigenvalue weighted by atomic mass is 10.1. The van der Waals surface area contributed by atoms with E-state index in [1.165, 1.54) is 19.2 Å². The summed E-state index contributed by atoms with van der Waals surface area (Å²) in [5.41, 5.74) is 1.37. The Bertz CT molecular complexity index is 593. The zero-order chi connectivity index (χ0) is 13.7. The molecule has 0 aliphatic heterocycles. The molecule has 96 valence electrons. The Morgan fingerprint density at radius 1 is 1.21 bits per heavy atom. The van der Waals surface area contributed by atoms with Gasteiger partial charge in [-0.15, -0.1) is 0 Å². The summed E-state index contributed by atoms with van der Waals surface area (Å²) >= 11 is 0. The van der Waals surface area contributed by atoms with Crippen molar-refractivity contribution in [1.29, 1.82) is 5.26 Å². The molecule has 0 aromatic heterocycles. The van der Waals surface area contributed by atoms with Crippen molar-refractivity contribution in [3.63, 3.8) is 0 Å². The molecule has 1 unspecified atom stereocenters. The van der Waals surface area contributed by atoms with E-state index in [-0.39, 0.29) is 5.75 Å². The van der Waals surface area contributed by atoms with E-state index in [1.54, 1.807) is 6.07 Å². The van der Waals surface area contributed by atoms with E-state index < -0.39 is 11.9 Å². The fourth-order valence-corrected chi connectivity index (χ4v) is 1.75. The van der Waals surface area contributed by atoms with Gasteiger partial charge in [-0.2, -0.15) is 5.26 Å². The zero-order valence-corrected chi connectivity index (χ0v) is 10.4. The summed E-state index contributed by atoms with van der Waals surface area (Å²) in [6.45, 7) is 0. The van der Waals surface area contributed by atoms with E-state index in [2.05, 4.69) is 11.4 Å². The normalized spacial score (nSPS) is 11.4. The fourth-order valence-electron chi connectivity index (χ4n) is 1.75. The lowest BCUT2D eigenvalue weighted by Crippen LogP contribution is -2.08. The molecule has 3 nitrogen and oxygen atoms in total. The summed E-state index contributed by atoms with van der Waals surface area (Å²) < 4.78 is 18.5. The number of rotatable bonds is 4. The molecule has 0 fully saturated rings. The molecule has 0 heterocycles. The molecule has 0 aliphatic carbocycles. The van der Waals surface area contributed by atoms with Crippen LogP contribution >= 0.6 is 0 Å². The van der Waals surface area contributed by atoms with Crippen molar-refractivity contribution in [2.24, 2.45) is 0 Å². The standard InChI is InChI=1S/C15H13FN2O/c1-19-15-8-7-11(9-13(15)16)14(10-17)18-12-5-3-2-4-6-12/h2-9,14,18H,1H3. The summed E-state index contributed by atoms with van der Waals surface area (Å²) in [6, 6.07) is 15.3. The van der Waals surface area contributed by atoms with Gasteiger partial charge < -0.3 is 10.1 Å². The molecule has 0 aliphatic rings. The van der Waals surface area contributed by atoms with Crippen molar-refractivity contribution in [3.05, 3.63) is 59.9 Å². The SMILES string of the molecule is COc1ccc(C(C#N)Nc2ccccc2)cc1F. The van der Waals surface area contributed by atoms with Gasteiger partial charge in [-0.3, -0.25) is 0 Å². The second-order valence-electron chi connectivity index (χ2n) is 3.97. The summed E-state index contributed by atoms with van der Waals surface area (Å²) in [5, 5.41) is 12.2. The van der Waals surface area contributed by atoms with Gasteiger partial charge in [0.15, 0.2) is 11.6 Å². The number of para-hydroxylation sites is 1. The molecule has 0 amide bonds. The summed E-state index contributed by atoms with van der Waals surface area (Å²) in [7, 11) is 1.40. The van der Waals surface area contributed by atoms with Crippen LogP contribution in [0.2, 0.25) is 0 Å². The lowest BCUT2D eigenvalue weighted by molar-refractivity contribution is 0.386. The number of benzene rings is 2. The fraction of sp³-hybridized carbons (Fsp3) is 0.133. The Morgan fingerprint density at radius 3 is 2.53 bits per heavy atom. The van der Waals surface area contributed by atoms with Gasteiger partial charge in [0, 0.05) is 5.69 Å². The topological polar surface area (TPSA) is 45.0 Å². The van der Waals surface area contributed by atoms with Crippen LogP contribution in [0.4, 0.5) is 10.1 Å². The van der Waals surface area contributed by atoms with Gasteiger partial charge in [-0.25, -0.2) is 4.39 Å². The summed E-state index contributed by atoms with van der Waals surface area (Å²) in [6.07, 6.45) is 0. The molecule has 0 bridgehead atoms.